The molecule has 36 heavy (non-hydrogen) atoms. The van der Waals surface area contributed by atoms with Gasteiger partial charge in [-0.15, -0.1) is 0 Å². The van der Waals surface area contributed by atoms with Gasteiger partial charge in [0.05, 0.1) is 35.5 Å². The van der Waals surface area contributed by atoms with Crippen molar-refractivity contribution in [3.8, 4) is 5.75 Å². The lowest BCUT2D eigenvalue weighted by Gasteiger charge is -2.45. The maximum absolute atomic E-state index is 14.8. The molecule has 0 aliphatic carbocycles. The first-order valence-electron chi connectivity index (χ1n) is 12.1. The average Bonchev–Trinajstić information content (AvgIpc) is 2.86. The molecule has 7 nitrogen and oxygen atoms in total. The second-order valence-corrected chi connectivity index (χ2v) is 9.33. The molecule has 0 spiro atoms. The number of ether oxygens (including phenoxy) is 2. The van der Waals surface area contributed by atoms with Crippen molar-refractivity contribution >= 4 is 22.4 Å². The van der Waals surface area contributed by atoms with Crippen molar-refractivity contribution in [3.05, 3.63) is 53.1 Å². The number of halogens is 3. The molecule has 5 rings (SSSR count). The Bertz CT molecular complexity index is 1260. The van der Waals surface area contributed by atoms with Crippen LogP contribution in [0.3, 0.4) is 0 Å². The van der Waals surface area contributed by atoms with E-state index < -0.39 is 23.8 Å². The minimum absolute atomic E-state index is 0.158. The van der Waals surface area contributed by atoms with Crippen LogP contribution in [-0.2, 0) is 4.74 Å². The Kier molecular flexibility index (Phi) is 6.90. The molecule has 2 aliphatic rings. The third-order valence-electron chi connectivity index (χ3n) is 6.92. The summed E-state index contributed by atoms with van der Waals surface area (Å²) in [5.41, 5.74) is 1.23. The van der Waals surface area contributed by atoms with E-state index in [-0.39, 0.29) is 11.6 Å². The number of aryl methyl sites for hydroxylation is 1. The largest absolute Gasteiger partial charge is 0.489 e. The SMILES string of the molecule is COCCN1CCN2c3cc4c(N[C@H](C)c5cccc(C(F)F)c5F)nc(C)nc4cc3OC[C@H]2C1. The first-order valence-corrected chi connectivity index (χ1v) is 12.1. The van der Waals surface area contributed by atoms with E-state index in [0.29, 0.717) is 30.4 Å². The van der Waals surface area contributed by atoms with Crippen molar-refractivity contribution in [2.75, 3.05) is 56.7 Å². The van der Waals surface area contributed by atoms with E-state index >= 15 is 0 Å². The zero-order valence-electron chi connectivity index (χ0n) is 20.6. The molecule has 0 bridgehead atoms. The number of aromatic nitrogens is 2. The zero-order chi connectivity index (χ0) is 25.4. The topological polar surface area (TPSA) is 62.8 Å². The molecular formula is C26H30F3N5O2. The Balaban J connectivity index is 1.47. The smallest absolute Gasteiger partial charge is 0.266 e. The molecule has 1 fully saturated rings. The van der Waals surface area contributed by atoms with Crippen LogP contribution >= 0.6 is 0 Å². The van der Waals surface area contributed by atoms with Gasteiger partial charge in [0.1, 0.15) is 29.8 Å². The van der Waals surface area contributed by atoms with Gasteiger partial charge < -0.3 is 19.7 Å². The van der Waals surface area contributed by atoms with E-state index in [4.69, 9.17) is 9.47 Å². The van der Waals surface area contributed by atoms with E-state index in [0.717, 1.165) is 49.1 Å². The number of piperazine rings is 1. The lowest BCUT2D eigenvalue weighted by atomic mass is 10.0. The summed E-state index contributed by atoms with van der Waals surface area (Å²) in [7, 11) is 1.71. The van der Waals surface area contributed by atoms with Crippen molar-refractivity contribution in [3.63, 3.8) is 0 Å². The Morgan fingerprint density at radius 2 is 2.00 bits per heavy atom. The van der Waals surface area contributed by atoms with Gasteiger partial charge in [0, 0.05) is 50.3 Å². The van der Waals surface area contributed by atoms with Crippen LogP contribution in [-0.4, -0.2) is 67.4 Å². The summed E-state index contributed by atoms with van der Waals surface area (Å²) in [6.07, 6.45) is -2.88. The lowest BCUT2D eigenvalue weighted by molar-refractivity contribution is 0.119. The number of nitrogens with one attached hydrogen (secondary N) is 1. The van der Waals surface area contributed by atoms with Crippen molar-refractivity contribution in [2.24, 2.45) is 0 Å². The van der Waals surface area contributed by atoms with Crippen molar-refractivity contribution in [1.82, 2.24) is 14.9 Å². The fraction of sp³-hybridized carbons (Fsp3) is 0.462. The van der Waals surface area contributed by atoms with Gasteiger partial charge in [-0.1, -0.05) is 18.2 Å². The highest BCUT2D eigenvalue weighted by atomic mass is 19.3. The fourth-order valence-corrected chi connectivity index (χ4v) is 5.05. The number of benzene rings is 2. The van der Waals surface area contributed by atoms with Gasteiger partial charge in [-0.2, -0.15) is 0 Å². The summed E-state index contributed by atoms with van der Waals surface area (Å²) >= 11 is 0. The number of rotatable bonds is 7. The predicted molar refractivity (Wildman–Crippen MR) is 133 cm³/mol. The third kappa shape index (κ3) is 4.67. The number of anilines is 2. The molecule has 1 aromatic heterocycles. The van der Waals surface area contributed by atoms with E-state index in [2.05, 4.69) is 25.1 Å². The Labute approximate surface area is 208 Å². The van der Waals surface area contributed by atoms with Crippen molar-refractivity contribution in [1.29, 1.82) is 0 Å². The number of methoxy groups -OCH3 is 1. The van der Waals surface area contributed by atoms with Gasteiger partial charge in [-0.25, -0.2) is 23.1 Å². The Hall–Kier alpha value is -3.11. The number of hydrogen-bond donors (Lipinski definition) is 1. The normalized spacial score (nSPS) is 18.6. The standard InChI is InChI=1S/C26H30F3N5O2/c1-15(18-5-4-6-19(24(18)27)25(28)29)30-26-20-11-22-23(12-21(20)31-16(2)32-26)36-14-17-13-33(9-10-35-3)7-8-34(17)22/h4-6,11-12,15,17,25H,7-10,13-14H2,1-3H3,(H,30,31,32)/t15-,17-/m1/s1. The maximum Gasteiger partial charge on any atom is 0.266 e. The maximum atomic E-state index is 14.8. The van der Waals surface area contributed by atoms with Crippen molar-refractivity contribution < 1.29 is 22.6 Å². The molecule has 0 radical (unpaired) electrons. The number of fused-ring (bicyclic) bond motifs is 4. The van der Waals surface area contributed by atoms with Crippen molar-refractivity contribution in [2.45, 2.75) is 32.4 Å². The van der Waals surface area contributed by atoms with E-state index in [1.807, 2.05) is 12.1 Å². The van der Waals surface area contributed by atoms with Gasteiger partial charge >= 0.3 is 0 Å². The molecule has 2 aromatic carbocycles. The zero-order valence-corrected chi connectivity index (χ0v) is 20.6. The molecule has 0 unspecified atom stereocenters. The molecule has 0 amide bonds. The summed E-state index contributed by atoms with van der Waals surface area (Å²) in [6.45, 7) is 8.34. The van der Waals surface area contributed by atoms with E-state index in [1.165, 1.54) is 12.1 Å². The molecule has 0 saturated carbocycles. The molecule has 10 heteroatoms. The fourth-order valence-electron chi connectivity index (χ4n) is 5.05. The van der Waals surface area contributed by atoms with Gasteiger partial charge in [-0.05, 0) is 19.9 Å². The third-order valence-corrected chi connectivity index (χ3v) is 6.92. The average molecular weight is 502 g/mol. The van der Waals surface area contributed by atoms with E-state index in [1.54, 1.807) is 21.0 Å². The van der Waals surface area contributed by atoms with Gasteiger partial charge in [-0.3, -0.25) is 4.90 Å². The van der Waals surface area contributed by atoms with Gasteiger partial charge in [0.2, 0.25) is 0 Å². The summed E-state index contributed by atoms with van der Waals surface area (Å²) in [5, 5.41) is 4.01. The van der Waals surface area contributed by atoms with Crippen LogP contribution in [0.2, 0.25) is 0 Å². The van der Waals surface area contributed by atoms with E-state index in [9.17, 15) is 13.2 Å². The summed E-state index contributed by atoms with van der Waals surface area (Å²) in [4.78, 5) is 13.9. The first-order chi connectivity index (χ1) is 17.4. The highest BCUT2D eigenvalue weighted by Crippen LogP contribution is 2.40. The summed E-state index contributed by atoms with van der Waals surface area (Å²) in [5.74, 6) is 0.939. The molecule has 1 saturated heterocycles. The van der Waals surface area contributed by atoms with Crippen LogP contribution in [0.1, 0.15) is 36.3 Å². The lowest BCUT2D eigenvalue weighted by Crippen LogP contribution is -2.57. The van der Waals surface area contributed by atoms with Gasteiger partial charge in [0.15, 0.2) is 0 Å². The number of hydrogen-bond acceptors (Lipinski definition) is 7. The molecule has 3 aromatic rings. The van der Waals surface area contributed by atoms with Gasteiger partial charge in [0.25, 0.3) is 6.43 Å². The molecule has 3 heterocycles. The van der Waals surface area contributed by atoms with Crippen LogP contribution in [0, 0.1) is 12.7 Å². The molecule has 192 valence electrons. The molecule has 2 aliphatic heterocycles. The molecule has 1 N–H and O–H groups in total. The summed E-state index contributed by atoms with van der Waals surface area (Å²) in [6, 6.07) is 7.63. The highest BCUT2D eigenvalue weighted by Gasteiger charge is 2.33. The minimum Gasteiger partial charge on any atom is -0.489 e. The van der Waals surface area contributed by atoms with Crippen LogP contribution in [0.15, 0.2) is 30.3 Å². The van der Waals surface area contributed by atoms with Crippen LogP contribution in [0.25, 0.3) is 10.9 Å². The second kappa shape index (κ2) is 10.1. The van der Waals surface area contributed by atoms with Crippen LogP contribution < -0.4 is 15.0 Å². The van der Waals surface area contributed by atoms with Crippen LogP contribution in [0.4, 0.5) is 24.7 Å². The quantitative estimate of drug-likeness (QED) is 0.503. The molecular weight excluding hydrogens is 471 g/mol. The Morgan fingerprint density at radius 1 is 1.19 bits per heavy atom. The predicted octanol–water partition coefficient (Wildman–Crippen LogP) is 4.72. The van der Waals surface area contributed by atoms with Crippen LogP contribution in [0.5, 0.6) is 5.75 Å². The highest BCUT2D eigenvalue weighted by molar-refractivity contribution is 5.94. The minimum atomic E-state index is -2.88. The summed E-state index contributed by atoms with van der Waals surface area (Å²) < 4.78 is 52.6. The Morgan fingerprint density at radius 3 is 2.78 bits per heavy atom. The second-order valence-electron chi connectivity index (χ2n) is 9.33. The monoisotopic (exact) mass is 501 g/mol. The number of nitrogens with zero attached hydrogens (tertiary/aromatic N) is 4. The first kappa shape index (κ1) is 24.6. The number of alkyl halides is 2. The molecule has 2 atom stereocenters.